The third-order valence-electron chi connectivity index (χ3n) is 10.3. The van der Waals surface area contributed by atoms with E-state index in [1.165, 1.54) is 5.57 Å². The quantitative estimate of drug-likeness (QED) is 0.427. The summed E-state index contributed by atoms with van der Waals surface area (Å²) in [7, 11) is 0. The van der Waals surface area contributed by atoms with Gasteiger partial charge in [0.1, 0.15) is 0 Å². The Hall–Kier alpha value is -0.790. The van der Waals surface area contributed by atoms with Crippen LogP contribution in [-0.2, 0) is 4.79 Å². The van der Waals surface area contributed by atoms with E-state index in [1.54, 1.807) is 20.8 Å². The fourth-order valence-corrected chi connectivity index (χ4v) is 8.37. The van der Waals surface area contributed by atoms with Gasteiger partial charge in [0.25, 0.3) is 0 Å². The molecule has 6 nitrogen and oxygen atoms in total. The smallest absolute Gasteiger partial charge is 0.159 e. The van der Waals surface area contributed by atoms with Gasteiger partial charge < -0.3 is 25.5 Å². The third-order valence-corrected chi connectivity index (χ3v) is 10.3. The number of hydrogen-bond donors (Lipinski definition) is 5. The number of carbonyl (C=O) groups excluding carboxylic acids is 1. The number of ketones is 1. The molecule has 0 aliphatic heterocycles. The highest BCUT2D eigenvalue weighted by molar-refractivity contribution is 5.94. The molecule has 0 radical (unpaired) electrons. The molecule has 4 aliphatic carbocycles. The van der Waals surface area contributed by atoms with Crippen LogP contribution in [0, 0.1) is 34.5 Å². The minimum Gasteiger partial charge on any atom is -0.390 e. The predicted octanol–water partition coefficient (Wildman–Crippen LogP) is 2.74. The van der Waals surface area contributed by atoms with Gasteiger partial charge in [-0.1, -0.05) is 19.4 Å². The van der Waals surface area contributed by atoms with Crippen molar-refractivity contribution >= 4 is 5.78 Å². The van der Waals surface area contributed by atoms with Crippen LogP contribution in [0.4, 0.5) is 0 Å². The van der Waals surface area contributed by atoms with E-state index in [4.69, 9.17) is 0 Å². The molecule has 3 fully saturated rings. The Balaban J connectivity index is 1.61. The molecule has 188 valence electrons. The van der Waals surface area contributed by atoms with Gasteiger partial charge in [0.05, 0.1) is 29.5 Å². The molecule has 4 rings (SSSR count). The van der Waals surface area contributed by atoms with Gasteiger partial charge in [0.2, 0.25) is 0 Å². The third kappa shape index (κ3) is 4.04. The van der Waals surface area contributed by atoms with Crippen molar-refractivity contribution in [2.45, 2.75) is 115 Å². The molecular weight excluding hydrogens is 420 g/mol. The van der Waals surface area contributed by atoms with Crippen LogP contribution in [0.15, 0.2) is 11.6 Å². The van der Waals surface area contributed by atoms with E-state index in [9.17, 15) is 30.3 Å². The van der Waals surface area contributed by atoms with Crippen LogP contribution in [-0.4, -0.2) is 60.8 Å². The standard InChI is InChI=1S/C27H44O6/c1-24(2,32)10-9-23(31)27(5,33)22-7-6-16-15-12-19(28)18-13-20(29)21(30)14-26(18,4)17(15)8-11-25(16,22)3/h12,16-18,20-23,29-33H,6-11,13-14H2,1-5H3/t16-,17-,18-,20-,21-,22-,23+,25-,26+,27+/m0/s1. The Labute approximate surface area is 198 Å². The van der Waals surface area contributed by atoms with Crippen LogP contribution in [0.2, 0.25) is 0 Å². The second kappa shape index (κ2) is 8.12. The number of allylic oxidation sites excluding steroid dienone is 2. The van der Waals surface area contributed by atoms with Gasteiger partial charge in [-0.05, 0) is 107 Å². The lowest BCUT2D eigenvalue weighted by Gasteiger charge is -2.58. The molecule has 0 heterocycles. The van der Waals surface area contributed by atoms with Crippen molar-refractivity contribution in [3.63, 3.8) is 0 Å². The molecule has 0 spiro atoms. The molecule has 0 amide bonds. The highest BCUT2D eigenvalue weighted by Crippen LogP contribution is 2.67. The Morgan fingerprint density at radius 1 is 1.00 bits per heavy atom. The zero-order chi connectivity index (χ0) is 24.6. The van der Waals surface area contributed by atoms with Gasteiger partial charge in [-0.2, -0.15) is 0 Å². The summed E-state index contributed by atoms with van der Waals surface area (Å²) in [6.45, 7) is 9.49. The van der Waals surface area contributed by atoms with E-state index in [0.29, 0.717) is 25.7 Å². The number of aliphatic hydroxyl groups excluding tert-OH is 3. The Morgan fingerprint density at radius 2 is 1.64 bits per heavy atom. The molecule has 0 saturated heterocycles. The van der Waals surface area contributed by atoms with E-state index in [0.717, 1.165) is 25.7 Å². The number of rotatable bonds is 5. The lowest BCUT2D eigenvalue weighted by molar-refractivity contribution is -0.151. The fourth-order valence-electron chi connectivity index (χ4n) is 8.37. The first-order valence-corrected chi connectivity index (χ1v) is 12.9. The maximum absolute atomic E-state index is 13.2. The summed E-state index contributed by atoms with van der Waals surface area (Å²) in [5.41, 5.74) is -1.58. The van der Waals surface area contributed by atoms with Crippen molar-refractivity contribution in [3.8, 4) is 0 Å². The van der Waals surface area contributed by atoms with Crippen LogP contribution < -0.4 is 0 Å². The Bertz CT molecular complexity index is 812. The van der Waals surface area contributed by atoms with Crippen LogP contribution >= 0.6 is 0 Å². The molecular formula is C27H44O6. The number of carbonyl (C=O) groups is 1. The molecule has 0 aromatic carbocycles. The van der Waals surface area contributed by atoms with E-state index >= 15 is 0 Å². The summed E-state index contributed by atoms with van der Waals surface area (Å²) in [5, 5.41) is 53.3. The molecule has 3 saturated carbocycles. The minimum atomic E-state index is -1.28. The molecule has 10 atom stereocenters. The summed E-state index contributed by atoms with van der Waals surface area (Å²) in [5.74, 6) is 0.0783. The summed E-state index contributed by atoms with van der Waals surface area (Å²) < 4.78 is 0. The van der Waals surface area contributed by atoms with Gasteiger partial charge in [0, 0.05) is 5.92 Å². The zero-order valence-electron chi connectivity index (χ0n) is 20.9. The van der Waals surface area contributed by atoms with E-state index in [2.05, 4.69) is 13.8 Å². The Morgan fingerprint density at radius 3 is 2.27 bits per heavy atom. The average molecular weight is 465 g/mol. The summed E-state index contributed by atoms with van der Waals surface area (Å²) in [6.07, 6.45) is 4.21. The van der Waals surface area contributed by atoms with Crippen LogP contribution in [0.1, 0.15) is 86.0 Å². The normalized spacial score (nSPS) is 46.0. The van der Waals surface area contributed by atoms with Crippen LogP contribution in [0.25, 0.3) is 0 Å². The summed E-state index contributed by atoms with van der Waals surface area (Å²) >= 11 is 0. The molecule has 0 bridgehead atoms. The summed E-state index contributed by atoms with van der Waals surface area (Å²) in [4.78, 5) is 13.2. The van der Waals surface area contributed by atoms with Gasteiger partial charge in [-0.25, -0.2) is 0 Å². The van der Waals surface area contributed by atoms with Crippen molar-refractivity contribution in [2.24, 2.45) is 34.5 Å². The first-order valence-electron chi connectivity index (χ1n) is 12.9. The number of fused-ring (bicyclic) bond motifs is 5. The van der Waals surface area contributed by atoms with Crippen LogP contribution in [0.3, 0.4) is 0 Å². The highest BCUT2D eigenvalue weighted by atomic mass is 16.3. The molecule has 0 aromatic rings. The van der Waals surface area contributed by atoms with E-state index < -0.39 is 29.5 Å². The first kappa shape index (κ1) is 25.3. The molecule has 4 aliphatic rings. The van der Waals surface area contributed by atoms with Crippen molar-refractivity contribution < 1.29 is 30.3 Å². The highest BCUT2D eigenvalue weighted by Gasteiger charge is 2.63. The average Bonchev–Trinajstić information content (AvgIpc) is 3.06. The molecule has 0 aromatic heterocycles. The summed E-state index contributed by atoms with van der Waals surface area (Å²) in [6, 6.07) is 0. The number of hydrogen-bond acceptors (Lipinski definition) is 6. The van der Waals surface area contributed by atoms with Crippen LogP contribution in [0.5, 0.6) is 0 Å². The maximum atomic E-state index is 13.2. The fraction of sp³-hybridized carbons (Fsp3) is 0.889. The first-order chi connectivity index (χ1) is 15.1. The van der Waals surface area contributed by atoms with E-state index in [1.807, 2.05) is 6.08 Å². The van der Waals surface area contributed by atoms with Crippen molar-refractivity contribution in [1.82, 2.24) is 0 Å². The molecule has 0 unspecified atom stereocenters. The van der Waals surface area contributed by atoms with Gasteiger partial charge in [0.15, 0.2) is 5.78 Å². The molecule has 6 heteroatoms. The lowest BCUT2D eigenvalue weighted by Crippen LogP contribution is -2.57. The largest absolute Gasteiger partial charge is 0.390 e. The SMILES string of the molecule is CC(C)(O)CC[C@@H](O)[C@](C)(O)[C@H]1CC[C@H]2C3=CC(=O)[C@@H]4C[C@H](O)[C@@H](O)C[C@]4(C)[C@H]3CC[C@]12C. The van der Waals surface area contributed by atoms with Crippen molar-refractivity contribution in [3.05, 3.63) is 11.6 Å². The van der Waals surface area contributed by atoms with E-state index in [-0.39, 0.29) is 40.3 Å². The predicted molar refractivity (Wildman–Crippen MR) is 125 cm³/mol. The second-order valence-electron chi connectivity index (χ2n) is 13.1. The Kier molecular flexibility index (Phi) is 6.23. The zero-order valence-corrected chi connectivity index (χ0v) is 20.9. The van der Waals surface area contributed by atoms with Gasteiger partial charge in [-0.15, -0.1) is 0 Å². The second-order valence-corrected chi connectivity index (χ2v) is 13.1. The maximum Gasteiger partial charge on any atom is 0.159 e. The van der Waals surface area contributed by atoms with Crippen molar-refractivity contribution in [1.29, 1.82) is 0 Å². The van der Waals surface area contributed by atoms with Gasteiger partial charge >= 0.3 is 0 Å². The molecule has 5 N–H and O–H groups in total. The molecule has 33 heavy (non-hydrogen) atoms. The lowest BCUT2D eigenvalue weighted by atomic mass is 9.47. The van der Waals surface area contributed by atoms with Gasteiger partial charge in [-0.3, -0.25) is 4.79 Å². The number of aliphatic hydroxyl groups is 5. The monoisotopic (exact) mass is 464 g/mol. The minimum absolute atomic E-state index is 0.0689. The topological polar surface area (TPSA) is 118 Å². The van der Waals surface area contributed by atoms with Crippen molar-refractivity contribution in [2.75, 3.05) is 0 Å².